The summed E-state index contributed by atoms with van der Waals surface area (Å²) >= 11 is 7.55. The van der Waals surface area contributed by atoms with Gasteiger partial charge in [0.1, 0.15) is 16.0 Å². The van der Waals surface area contributed by atoms with Crippen molar-refractivity contribution in [1.82, 2.24) is 19.9 Å². The van der Waals surface area contributed by atoms with Crippen LogP contribution in [-0.4, -0.2) is 19.9 Å². The SMILES string of the molecule is CCc1nc(Cl)c(C)c(Sc2nc(C)cc(C)n2)n1. The lowest BCUT2D eigenvalue weighted by atomic mass is 10.3. The second-order valence-corrected chi connectivity index (χ2v) is 5.56. The van der Waals surface area contributed by atoms with E-state index in [0.29, 0.717) is 10.3 Å². The maximum atomic E-state index is 6.12. The second-order valence-electron chi connectivity index (χ2n) is 4.25. The average Bonchev–Trinajstić information content (AvgIpc) is 2.33. The summed E-state index contributed by atoms with van der Waals surface area (Å²) in [6, 6.07) is 1.95. The summed E-state index contributed by atoms with van der Waals surface area (Å²) in [5.41, 5.74) is 2.76. The van der Waals surface area contributed by atoms with E-state index in [1.54, 1.807) is 0 Å². The number of nitrogens with zero attached hydrogens (tertiary/aromatic N) is 4. The monoisotopic (exact) mass is 294 g/mol. The Kier molecular flexibility index (Phi) is 4.37. The fourth-order valence-electron chi connectivity index (χ4n) is 1.59. The van der Waals surface area contributed by atoms with Crippen molar-refractivity contribution in [2.75, 3.05) is 0 Å². The third-order valence-electron chi connectivity index (χ3n) is 2.55. The van der Waals surface area contributed by atoms with Gasteiger partial charge in [0.25, 0.3) is 0 Å². The highest BCUT2D eigenvalue weighted by Gasteiger charge is 2.12. The number of rotatable bonds is 3. The first-order valence-electron chi connectivity index (χ1n) is 6.02. The molecule has 0 aliphatic rings. The smallest absolute Gasteiger partial charge is 0.194 e. The van der Waals surface area contributed by atoms with Gasteiger partial charge in [0.05, 0.1) is 0 Å². The molecule has 0 aliphatic carbocycles. The highest BCUT2D eigenvalue weighted by atomic mass is 35.5. The minimum atomic E-state index is 0.499. The van der Waals surface area contributed by atoms with Crippen LogP contribution >= 0.6 is 23.4 Å². The van der Waals surface area contributed by atoms with E-state index in [-0.39, 0.29) is 0 Å². The number of hydrogen-bond acceptors (Lipinski definition) is 5. The molecule has 2 aromatic heterocycles. The lowest BCUT2D eigenvalue weighted by Crippen LogP contribution is -2.00. The molecule has 0 bridgehead atoms. The van der Waals surface area contributed by atoms with Crippen LogP contribution in [0.5, 0.6) is 0 Å². The maximum Gasteiger partial charge on any atom is 0.194 e. The zero-order valence-corrected chi connectivity index (χ0v) is 12.9. The van der Waals surface area contributed by atoms with Crippen molar-refractivity contribution < 1.29 is 0 Å². The Labute approximate surface area is 122 Å². The van der Waals surface area contributed by atoms with E-state index in [9.17, 15) is 0 Å². The Bertz CT molecular complexity index is 596. The molecule has 0 spiro atoms. The predicted molar refractivity (Wildman–Crippen MR) is 76.8 cm³/mol. The van der Waals surface area contributed by atoms with E-state index in [2.05, 4.69) is 19.9 Å². The fourth-order valence-corrected chi connectivity index (χ4v) is 2.79. The van der Waals surface area contributed by atoms with Crippen molar-refractivity contribution in [2.45, 2.75) is 44.3 Å². The Morgan fingerprint density at radius 1 is 1.05 bits per heavy atom. The normalized spacial score (nSPS) is 10.8. The van der Waals surface area contributed by atoms with E-state index >= 15 is 0 Å². The quantitative estimate of drug-likeness (QED) is 0.640. The lowest BCUT2D eigenvalue weighted by molar-refractivity contribution is 0.859. The molecule has 2 rings (SSSR count). The number of hydrogen-bond donors (Lipinski definition) is 0. The van der Waals surface area contributed by atoms with Gasteiger partial charge in [0.2, 0.25) is 0 Å². The second kappa shape index (κ2) is 5.84. The molecule has 0 amide bonds. The zero-order valence-electron chi connectivity index (χ0n) is 11.4. The van der Waals surface area contributed by atoms with Gasteiger partial charge >= 0.3 is 0 Å². The van der Waals surface area contributed by atoms with Crippen molar-refractivity contribution in [3.8, 4) is 0 Å². The maximum absolute atomic E-state index is 6.12. The summed E-state index contributed by atoms with van der Waals surface area (Å²) in [6.45, 7) is 7.82. The Morgan fingerprint density at radius 2 is 1.68 bits per heavy atom. The molecule has 4 nitrogen and oxygen atoms in total. The molecular weight excluding hydrogens is 280 g/mol. The first kappa shape index (κ1) is 14.2. The average molecular weight is 295 g/mol. The molecule has 0 atom stereocenters. The first-order valence-corrected chi connectivity index (χ1v) is 7.22. The summed E-state index contributed by atoms with van der Waals surface area (Å²) in [5, 5.41) is 2.01. The van der Waals surface area contributed by atoms with Gasteiger partial charge in [0, 0.05) is 23.4 Å². The van der Waals surface area contributed by atoms with Gasteiger partial charge in [-0.3, -0.25) is 0 Å². The van der Waals surface area contributed by atoms with Crippen molar-refractivity contribution in [2.24, 2.45) is 0 Å². The highest BCUT2D eigenvalue weighted by molar-refractivity contribution is 7.99. The zero-order chi connectivity index (χ0) is 14.0. The van der Waals surface area contributed by atoms with Gasteiger partial charge in [-0.2, -0.15) is 0 Å². The molecule has 2 heterocycles. The van der Waals surface area contributed by atoms with Gasteiger partial charge < -0.3 is 0 Å². The minimum Gasteiger partial charge on any atom is -0.228 e. The molecule has 6 heteroatoms. The van der Waals surface area contributed by atoms with Crippen LogP contribution in [0.1, 0.15) is 29.7 Å². The van der Waals surface area contributed by atoms with Gasteiger partial charge in [-0.05, 0) is 38.6 Å². The number of aryl methyl sites for hydroxylation is 3. The predicted octanol–water partition coefficient (Wildman–Crippen LogP) is 3.56. The van der Waals surface area contributed by atoms with Gasteiger partial charge in [0.15, 0.2) is 5.16 Å². The van der Waals surface area contributed by atoms with Crippen LogP contribution in [-0.2, 0) is 6.42 Å². The molecule has 0 unspecified atom stereocenters. The van der Waals surface area contributed by atoms with E-state index in [1.807, 2.05) is 33.8 Å². The number of halogens is 1. The summed E-state index contributed by atoms with van der Waals surface area (Å²) in [5.74, 6) is 0.738. The molecule has 0 N–H and O–H groups in total. The van der Waals surface area contributed by atoms with Crippen LogP contribution < -0.4 is 0 Å². The molecule has 2 aromatic rings. The lowest BCUT2D eigenvalue weighted by Gasteiger charge is -2.08. The van der Waals surface area contributed by atoms with Crippen LogP contribution in [0.2, 0.25) is 5.15 Å². The van der Waals surface area contributed by atoms with Crippen LogP contribution in [0, 0.1) is 20.8 Å². The third kappa shape index (κ3) is 3.42. The van der Waals surface area contributed by atoms with Crippen molar-refractivity contribution >= 4 is 23.4 Å². The van der Waals surface area contributed by atoms with Crippen molar-refractivity contribution in [3.63, 3.8) is 0 Å². The standard InChI is InChI=1S/C13H15ClN4S/c1-5-10-17-11(14)9(4)12(18-10)19-13-15-7(2)6-8(3)16-13/h6H,5H2,1-4H3. The molecule has 0 aliphatic heterocycles. The van der Waals surface area contributed by atoms with Crippen molar-refractivity contribution in [3.05, 3.63) is 34.0 Å². The topological polar surface area (TPSA) is 51.6 Å². The number of aromatic nitrogens is 4. The molecule has 0 aromatic carbocycles. The van der Waals surface area contributed by atoms with Crippen LogP contribution in [0.3, 0.4) is 0 Å². The molecule has 19 heavy (non-hydrogen) atoms. The van der Waals surface area contributed by atoms with E-state index in [4.69, 9.17) is 11.6 Å². The third-order valence-corrected chi connectivity index (χ3v) is 3.88. The molecule has 0 fully saturated rings. The molecule has 100 valence electrons. The van der Waals surface area contributed by atoms with Crippen molar-refractivity contribution in [1.29, 1.82) is 0 Å². The Hall–Kier alpha value is -1.20. The summed E-state index contributed by atoms with van der Waals surface area (Å²) in [6.07, 6.45) is 0.751. The fraction of sp³-hybridized carbons (Fsp3) is 0.385. The van der Waals surface area contributed by atoms with Crippen LogP contribution in [0.4, 0.5) is 0 Å². The van der Waals surface area contributed by atoms with Gasteiger partial charge in [-0.25, -0.2) is 19.9 Å². The van der Waals surface area contributed by atoms with Gasteiger partial charge in [-0.1, -0.05) is 18.5 Å². The van der Waals surface area contributed by atoms with E-state index in [1.165, 1.54) is 11.8 Å². The Balaban J connectivity index is 2.39. The summed E-state index contributed by atoms with van der Waals surface area (Å²) in [7, 11) is 0. The van der Waals surface area contributed by atoms with E-state index in [0.717, 1.165) is 34.2 Å². The minimum absolute atomic E-state index is 0.499. The van der Waals surface area contributed by atoms with Gasteiger partial charge in [-0.15, -0.1) is 0 Å². The summed E-state index contributed by atoms with van der Waals surface area (Å²) < 4.78 is 0. The molecule has 0 saturated heterocycles. The van der Waals surface area contributed by atoms with Crippen LogP contribution in [0.15, 0.2) is 16.2 Å². The van der Waals surface area contributed by atoms with Crippen LogP contribution in [0.25, 0.3) is 0 Å². The summed E-state index contributed by atoms with van der Waals surface area (Å²) in [4.78, 5) is 17.5. The molecule has 0 radical (unpaired) electrons. The highest BCUT2D eigenvalue weighted by Crippen LogP contribution is 2.29. The molecule has 0 saturated carbocycles. The molecular formula is C13H15ClN4S. The van der Waals surface area contributed by atoms with E-state index < -0.39 is 0 Å². The largest absolute Gasteiger partial charge is 0.228 e. The first-order chi connectivity index (χ1) is 8.99. The Morgan fingerprint density at radius 3 is 2.26 bits per heavy atom.